The largest absolute Gasteiger partial charge is 0.444 e. The van der Waals surface area contributed by atoms with Gasteiger partial charge in [0.15, 0.2) is 0 Å². The summed E-state index contributed by atoms with van der Waals surface area (Å²) in [7, 11) is 0. The van der Waals surface area contributed by atoms with Crippen molar-refractivity contribution in [3.8, 4) is 33.6 Å². The van der Waals surface area contributed by atoms with Gasteiger partial charge in [0, 0.05) is 23.5 Å². The first-order chi connectivity index (χ1) is 22.1. The quantitative estimate of drug-likeness (QED) is 0.141. The number of aromatic nitrogens is 4. The van der Waals surface area contributed by atoms with Gasteiger partial charge in [-0.3, -0.25) is 0 Å². The Morgan fingerprint density at radius 1 is 0.583 bits per heavy atom. The lowest BCUT2D eigenvalue weighted by atomic mass is 10.00. The number of halogens is 2. The zero-order chi connectivity index (χ0) is 35.7. The van der Waals surface area contributed by atoms with Gasteiger partial charge in [-0.05, 0) is 80.4 Å². The number of ether oxygens (including phenoxy) is 2. The van der Waals surface area contributed by atoms with Crippen molar-refractivity contribution in [1.29, 1.82) is 0 Å². The lowest BCUT2D eigenvalue weighted by Crippen LogP contribution is -2.42. The molecule has 0 aliphatic rings. The van der Waals surface area contributed by atoms with Gasteiger partial charge in [0.2, 0.25) is 0 Å². The van der Waals surface area contributed by atoms with Crippen LogP contribution in [-0.2, 0) is 9.47 Å². The van der Waals surface area contributed by atoms with Gasteiger partial charge in [0.1, 0.15) is 46.3 Å². The van der Waals surface area contributed by atoms with Crippen molar-refractivity contribution in [1.82, 2.24) is 30.6 Å². The number of hydrogen-bond donors (Lipinski definition) is 4. The SMILES string of the molecule is CC(C)(C)OC(=O)NC(c1nc(-c2ccc(-c3ccc(-c4c[nH]c(C(NC(=O)OC(C)(C)C)C(C)(C)F)n4)cc3)cc2)c[nH]1)C(C)(C)F. The number of nitrogens with zero attached hydrogens (tertiary/aromatic N) is 2. The van der Waals surface area contributed by atoms with Crippen LogP contribution >= 0.6 is 0 Å². The number of hydrogen-bond acceptors (Lipinski definition) is 6. The number of carbonyl (C=O) groups is 2. The van der Waals surface area contributed by atoms with Crippen molar-refractivity contribution >= 4 is 12.2 Å². The Labute approximate surface area is 280 Å². The van der Waals surface area contributed by atoms with Gasteiger partial charge in [-0.2, -0.15) is 0 Å². The van der Waals surface area contributed by atoms with Crippen molar-refractivity contribution in [3.05, 3.63) is 72.6 Å². The standard InChI is InChI=1S/C36H46F2N6O4/c1-33(2,3)47-31(45)43-27(35(7,8)37)29-39-19-25(41-29)23-15-11-21(12-16-23)22-13-17-24(18-14-22)26-20-40-30(42-26)28(36(9,10)38)44-32(46)48-34(4,5)6/h11-20,27-28H,1-10H3,(H,39,41)(H,40,42)(H,43,45)(H,44,46). The molecule has 48 heavy (non-hydrogen) atoms. The zero-order valence-electron chi connectivity index (χ0n) is 29.2. The fourth-order valence-electron chi connectivity index (χ4n) is 4.91. The first kappa shape index (κ1) is 36.1. The minimum atomic E-state index is -1.82. The van der Waals surface area contributed by atoms with Gasteiger partial charge >= 0.3 is 12.2 Å². The monoisotopic (exact) mass is 664 g/mol. The van der Waals surface area contributed by atoms with Crippen molar-refractivity contribution in [2.75, 3.05) is 0 Å². The predicted octanol–water partition coefficient (Wildman–Crippen LogP) is 8.76. The zero-order valence-corrected chi connectivity index (χ0v) is 29.2. The summed E-state index contributed by atoms with van der Waals surface area (Å²) in [4.78, 5) is 40.0. The molecule has 0 fully saturated rings. The molecule has 2 aromatic carbocycles. The van der Waals surface area contributed by atoms with Gasteiger partial charge in [-0.1, -0.05) is 48.5 Å². The van der Waals surface area contributed by atoms with Crippen molar-refractivity contribution in [2.45, 2.75) is 104 Å². The Morgan fingerprint density at radius 3 is 1.15 bits per heavy atom. The molecule has 0 aliphatic heterocycles. The summed E-state index contributed by atoms with van der Waals surface area (Å²) in [5.41, 5.74) is -0.377. The second-order valence-corrected chi connectivity index (χ2v) is 14.8. The first-order valence-corrected chi connectivity index (χ1v) is 15.8. The molecule has 0 saturated heterocycles. The molecule has 0 saturated carbocycles. The lowest BCUT2D eigenvalue weighted by molar-refractivity contribution is 0.0406. The van der Waals surface area contributed by atoms with Crippen LogP contribution in [0.5, 0.6) is 0 Å². The van der Waals surface area contributed by atoms with Crippen molar-refractivity contribution < 1.29 is 27.8 Å². The maximum atomic E-state index is 15.1. The normalized spacial score (nSPS) is 13.8. The topological polar surface area (TPSA) is 134 Å². The summed E-state index contributed by atoms with van der Waals surface area (Å²) in [5.74, 6) is 0.540. The fraction of sp³-hybridized carbons (Fsp3) is 0.444. The Balaban J connectivity index is 1.47. The van der Waals surface area contributed by atoms with Gasteiger partial charge in [0.25, 0.3) is 0 Å². The average molecular weight is 665 g/mol. The van der Waals surface area contributed by atoms with Gasteiger partial charge in [0.05, 0.1) is 11.4 Å². The molecule has 4 rings (SSSR count). The number of imidazole rings is 2. The number of rotatable bonds is 9. The number of nitrogens with one attached hydrogen (secondary N) is 4. The highest BCUT2D eigenvalue weighted by atomic mass is 19.1. The molecule has 2 heterocycles. The summed E-state index contributed by atoms with van der Waals surface area (Å²) < 4.78 is 40.9. The van der Waals surface area contributed by atoms with Crippen LogP contribution < -0.4 is 10.6 Å². The van der Waals surface area contributed by atoms with Crippen LogP contribution in [0.1, 0.15) is 93.0 Å². The Kier molecular flexibility index (Phi) is 10.1. The number of H-pyrrole nitrogens is 2. The second-order valence-electron chi connectivity index (χ2n) is 14.8. The highest BCUT2D eigenvalue weighted by Gasteiger charge is 2.37. The van der Waals surface area contributed by atoms with E-state index >= 15 is 8.78 Å². The Morgan fingerprint density at radius 2 is 0.875 bits per heavy atom. The molecule has 0 aliphatic carbocycles. The first-order valence-electron chi connectivity index (χ1n) is 15.8. The highest BCUT2D eigenvalue weighted by Crippen LogP contribution is 2.32. The molecule has 0 radical (unpaired) electrons. The molecule has 10 nitrogen and oxygen atoms in total. The smallest absolute Gasteiger partial charge is 0.408 e. The minimum absolute atomic E-state index is 0.270. The van der Waals surface area contributed by atoms with Crippen LogP contribution in [0.2, 0.25) is 0 Å². The summed E-state index contributed by atoms with van der Waals surface area (Å²) in [6.45, 7) is 15.9. The van der Waals surface area contributed by atoms with E-state index in [1.807, 2.05) is 48.5 Å². The third kappa shape index (κ3) is 9.65. The third-order valence-corrected chi connectivity index (χ3v) is 7.13. The molecule has 258 valence electrons. The van der Waals surface area contributed by atoms with Crippen LogP contribution in [0.15, 0.2) is 60.9 Å². The van der Waals surface area contributed by atoms with Gasteiger partial charge in [-0.25, -0.2) is 28.3 Å². The summed E-state index contributed by atoms with van der Waals surface area (Å²) >= 11 is 0. The van der Waals surface area contributed by atoms with E-state index in [1.165, 1.54) is 27.7 Å². The third-order valence-electron chi connectivity index (χ3n) is 7.13. The number of alkyl halides is 2. The van der Waals surface area contributed by atoms with Crippen LogP contribution in [-0.4, -0.2) is 54.7 Å². The second kappa shape index (κ2) is 13.4. The molecular formula is C36H46F2N6O4. The van der Waals surface area contributed by atoms with Crippen LogP contribution in [0, 0.1) is 0 Å². The molecule has 4 N–H and O–H groups in total. The minimum Gasteiger partial charge on any atom is -0.444 e. The number of alkyl carbamates (subject to hydrolysis) is 2. The van der Waals surface area contributed by atoms with E-state index in [4.69, 9.17) is 9.47 Å². The van der Waals surface area contributed by atoms with E-state index in [0.29, 0.717) is 11.4 Å². The summed E-state index contributed by atoms with van der Waals surface area (Å²) in [6, 6.07) is 13.4. The van der Waals surface area contributed by atoms with Crippen LogP contribution in [0.3, 0.4) is 0 Å². The average Bonchev–Trinajstić information content (AvgIpc) is 3.62. The molecule has 2 amide bonds. The number of benzene rings is 2. The summed E-state index contributed by atoms with van der Waals surface area (Å²) in [6.07, 6.45) is 1.87. The molecule has 12 heteroatoms. The van der Waals surface area contributed by atoms with E-state index in [9.17, 15) is 9.59 Å². The number of aromatic amines is 2. The van der Waals surface area contributed by atoms with Gasteiger partial charge < -0.3 is 30.1 Å². The van der Waals surface area contributed by atoms with Gasteiger partial charge in [-0.15, -0.1) is 0 Å². The molecule has 0 bridgehead atoms. The maximum absolute atomic E-state index is 15.1. The molecule has 4 aromatic rings. The predicted molar refractivity (Wildman–Crippen MR) is 182 cm³/mol. The fourth-order valence-corrected chi connectivity index (χ4v) is 4.91. The highest BCUT2D eigenvalue weighted by molar-refractivity contribution is 5.72. The van der Waals surface area contributed by atoms with E-state index in [1.54, 1.807) is 53.9 Å². The Bertz CT molecular complexity index is 1580. The number of carbonyl (C=O) groups excluding carboxylic acids is 2. The van der Waals surface area contributed by atoms with E-state index in [0.717, 1.165) is 22.3 Å². The van der Waals surface area contributed by atoms with Crippen molar-refractivity contribution in [3.63, 3.8) is 0 Å². The van der Waals surface area contributed by atoms with Crippen molar-refractivity contribution in [2.24, 2.45) is 0 Å². The molecule has 0 spiro atoms. The molecular weight excluding hydrogens is 618 g/mol. The van der Waals surface area contributed by atoms with E-state index < -0.39 is 46.8 Å². The van der Waals surface area contributed by atoms with E-state index in [-0.39, 0.29) is 11.6 Å². The Hall–Kier alpha value is -4.74. The van der Waals surface area contributed by atoms with Crippen LogP contribution in [0.25, 0.3) is 33.6 Å². The number of amides is 2. The van der Waals surface area contributed by atoms with E-state index in [2.05, 4.69) is 30.6 Å². The molecule has 2 atom stereocenters. The maximum Gasteiger partial charge on any atom is 0.408 e. The molecule has 2 unspecified atom stereocenters. The van der Waals surface area contributed by atoms with Crippen LogP contribution in [0.4, 0.5) is 18.4 Å². The summed E-state index contributed by atoms with van der Waals surface area (Å²) in [5, 5.41) is 5.19. The lowest BCUT2D eigenvalue weighted by Gasteiger charge is -2.28. The molecule has 2 aromatic heterocycles.